The largest absolute Gasteiger partial charge is 0.340 e. The van der Waals surface area contributed by atoms with E-state index in [0.717, 1.165) is 47.6 Å². The Bertz CT molecular complexity index is 1030. The number of amides is 1. The van der Waals surface area contributed by atoms with E-state index in [1.54, 1.807) is 16.8 Å². The number of hydrogen-bond donors (Lipinski definition) is 0. The normalized spacial score (nSPS) is 13.8. The van der Waals surface area contributed by atoms with E-state index in [9.17, 15) is 9.18 Å². The van der Waals surface area contributed by atoms with Crippen LogP contribution in [0.5, 0.6) is 0 Å². The van der Waals surface area contributed by atoms with Crippen molar-refractivity contribution in [3.8, 4) is 11.3 Å². The lowest BCUT2D eigenvalue weighted by Gasteiger charge is -2.20. The number of carbonyl (C=O) groups is 1. The lowest BCUT2D eigenvalue weighted by Crippen LogP contribution is -2.36. The van der Waals surface area contributed by atoms with Gasteiger partial charge in [0.2, 0.25) is 5.91 Å². The van der Waals surface area contributed by atoms with Crippen molar-refractivity contribution in [1.82, 2.24) is 19.7 Å². The van der Waals surface area contributed by atoms with Crippen LogP contribution in [0.15, 0.2) is 42.5 Å². The monoisotopic (exact) mass is 392 g/mol. The molecule has 0 saturated carbocycles. The van der Waals surface area contributed by atoms with E-state index in [0.29, 0.717) is 13.1 Å². The van der Waals surface area contributed by atoms with Crippen LogP contribution in [0.1, 0.15) is 29.6 Å². The Hall–Kier alpha value is -3.02. The number of rotatable bonds is 4. The van der Waals surface area contributed by atoms with Crippen LogP contribution in [0.2, 0.25) is 0 Å². The highest BCUT2D eigenvalue weighted by Crippen LogP contribution is 2.21. The van der Waals surface area contributed by atoms with Crippen molar-refractivity contribution in [2.45, 2.75) is 39.7 Å². The second kappa shape index (κ2) is 8.15. The van der Waals surface area contributed by atoms with E-state index >= 15 is 0 Å². The van der Waals surface area contributed by atoms with Crippen molar-refractivity contribution in [3.63, 3.8) is 0 Å². The third-order valence-corrected chi connectivity index (χ3v) is 5.48. The summed E-state index contributed by atoms with van der Waals surface area (Å²) in [7, 11) is 0. The van der Waals surface area contributed by atoms with Gasteiger partial charge in [-0.15, -0.1) is 0 Å². The molecule has 0 bridgehead atoms. The number of hydrogen-bond acceptors (Lipinski definition) is 3. The first kappa shape index (κ1) is 19.3. The van der Waals surface area contributed by atoms with Crippen molar-refractivity contribution in [1.29, 1.82) is 0 Å². The summed E-state index contributed by atoms with van der Waals surface area (Å²) in [4.78, 5) is 19.5. The summed E-state index contributed by atoms with van der Waals surface area (Å²) in [5.41, 5.74) is 5.95. The summed E-state index contributed by atoms with van der Waals surface area (Å²) in [6, 6.07) is 12.4. The molecular weight excluding hydrogens is 367 g/mol. The predicted octanol–water partition coefficient (Wildman–Crippen LogP) is 3.58. The maximum Gasteiger partial charge on any atom is 0.244 e. The van der Waals surface area contributed by atoms with Gasteiger partial charge in [-0.1, -0.05) is 13.0 Å². The maximum absolute atomic E-state index is 13.2. The lowest BCUT2D eigenvalue weighted by molar-refractivity contribution is -0.132. The van der Waals surface area contributed by atoms with Crippen molar-refractivity contribution in [2.75, 3.05) is 13.1 Å². The number of aromatic nitrogens is 3. The first-order valence-corrected chi connectivity index (χ1v) is 10.1. The molecule has 0 radical (unpaired) electrons. The zero-order valence-electron chi connectivity index (χ0n) is 16.9. The number of pyridine rings is 1. The van der Waals surface area contributed by atoms with Crippen LogP contribution in [0.3, 0.4) is 0 Å². The fourth-order valence-corrected chi connectivity index (χ4v) is 3.81. The number of aryl methyl sites for hydroxylation is 2. The number of benzene rings is 1. The average molecular weight is 392 g/mol. The molecule has 6 heteroatoms. The summed E-state index contributed by atoms with van der Waals surface area (Å²) < 4.78 is 15.0. The Kier molecular flexibility index (Phi) is 5.43. The molecule has 0 N–H and O–H groups in total. The van der Waals surface area contributed by atoms with Gasteiger partial charge >= 0.3 is 0 Å². The van der Waals surface area contributed by atoms with Crippen LogP contribution in [0.25, 0.3) is 11.3 Å². The fourth-order valence-electron chi connectivity index (χ4n) is 3.81. The molecule has 2 aromatic heterocycles. The molecule has 0 spiro atoms. The van der Waals surface area contributed by atoms with Gasteiger partial charge in [0, 0.05) is 42.2 Å². The molecule has 3 heterocycles. The SMILES string of the molecule is CCc1cc(-c2ccc(F)cc2)nn1CC(=O)N1CCc2ccc(C)nc2CC1. The third-order valence-electron chi connectivity index (χ3n) is 5.48. The number of fused-ring (bicyclic) bond motifs is 1. The van der Waals surface area contributed by atoms with Gasteiger partial charge in [-0.05, 0) is 61.7 Å². The third kappa shape index (κ3) is 4.21. The van der Waals surface area contributed by atoms with E-state index in [1.165, 1.54) is 17.7 Å². The topological polar surface area (TPSA) is 51.0 Å². The van der Waals surface area contributed by atoms with E-state index in [-0.39, 0.29) is 18.3 Å². The summed E-state index contributed by atoms with van der Waals surface area (Å²) in [5.74, 6) is -0.205. The molecule has 1 aliphatic rings. The second-order valence-electron chi connectivity index (χ2n) is 7.48. The van der Waals surface area contributed by atoms with Crippen LogP contribution >= 0.6 is 0 Å². The predicted molar refractivity (Wildman–Crippen MR) is 110 cm³/mol. The highest BCUT2D eigenvalue weighted by molar-refractivity contribution is 5.76. The van der Waals surface area contributed by atoms with Crippen molar-refractivity contribution in [2.24, 2.45) is 0 Å². The van der Waals surface area contributed by atoms with Gasteiger partial charge in [-0.25, -0.2) is 4.39 Å². The van der Waals surface area contributed by atoms with Gasteiger partial charge in [0.25, 0.3) is 0 Å². The molecule has 1 aromatic carbocycles. The van der Waals surface area contributed by atoms with Crippen LogP contribution < -0.4 is 0 Å². The lowest BCUT2D eigenvalue weighted by atomic mass is 10.1. The van der Waals surface area contributed by atoms with Gasteiger partial charge in [-0.2, -0.15) is 5.10 Å². The summed E-state index contributed by atoms with van der Waals surface area (Å²) >= 11 is 0. The standard InChI is InChI=1S/C23H25FN4O/c1-3-20-14-22(17-6-8-19(24)9-7-17)26-28(20)15-23(29)27-12-10-18-5-4-16(2)25-21(18)11-13-27/h4-9,14H,3,10-13,15H2,1-2H3. The van der Waals surface area contributed by atoms with Crippen molar-refractivity contribution >= 4 is 5.91 Å². The molecule has 1 aliphatic heterocycles. The Morgan fingerprint density at radius 3 is 2.62 bits per heavy atom. The summed E-state index contributed by atoms with van der Waals surface area (Å²) in [6.07, 6.45) is 2.38. The minimum atomic E-state index is -0.272. The van der Waals surface area contributed by atoms with Crippen LogP contribution in [-0.4, -0.2) is 38.7 Å². The number of carbonyl (C=O) groups excluding carboxylic acids is 1. The molecule has 5 nitrogen and oxygen atoms in total. The second-order valence-corrected chi connectivity index (χ2v) is 7.48. The quantitative estimate of drug-likeness (QED) is 0.682. The average Bonchev–Trinajstić information content (AvgIpc) is 2.99. The van der Waals surface area contributed by atoms with Crippen molar-refractivity contribution < 1.29 is 9.18 Å². The maximum atomic E-state index is 13.2. The van der Waals surface area contributed by atoms with Crippen LogP contribution in [0.4, 0.5) is 4.39 Å². The number of nitrogens with zero attached hydrogens (tertiary/aromatic N) is 4. The first-order chi connectivity index (χ1) is 14.0. The molecule has 29 heavy (non-hydrogen) atoms. The minimum absolute atomic E-state index is 0.0676. The van der Waals surface area contributed by atoms with Crippen LogP contribution in [0, 0.1) is 12.7 Å². The van der Waals surface area contributed by atoms with E-state index in [1.807, 2.05) is 30.9 Å². The molecule has 4 rings (SSSR count). The zero-order valence-corrected chi connectivity index (χ0v) is 16.9. The Morgan fingerprint density at radius 1 is 1.10 bits per heavy atom. The zero-order chi connectivity index (χ0) is 20.4. The highest BCUT2D eigenvalue weighted by atomic mass is 19.1. The molecule has 1 amide bonds. The molecule has 0 unspecified atom stereocenters. The molecule has 0 aliphatic carbocycles. The van der Waals surface area contributed by atoms with Gasteiger partial charge in [-0.3, -0.25) is 14.5 Å². The molecule has 0 saturated heterocycles. The molecule has 3 aromatic rings. The van der Waals surface area contributed by atoms with E-state index < -0.39 is 0 Å². The Labute approximate surface area is 170 Å². The molecule has 150 valence electrons. The first-order valence-electron chi connectivity index (χ1n) is 10.1. The Balaban J connectivity index is 1.49. The highest BCUT2D eigenvalue weighted by Gasteiger charge is 2.21. The van der Waals surface area contributed by atoms with E-state index in [2.05, 4.69) is 16.1 Å². The van der Waals surface area contributed by atoms with Crippen LogP contribution in [-0.2, 0) is 30.6 Å². The fraction of sp³-hybridized carbons (Fsp3) is 0.348. The molecule has 0 atom stereocenters. The summed E-state index contributed by atoms with van der Waals surface area (Å²) in [6.45, 7) is 5.63. The molecule has 0 fully saturated rings. The van der Waals surface area contributed by atoms with E-state index in [4.69, 9.17) is 0 Å². The van der Waals surface area contributed by atoms with Gasteiger partial charge in [0.05, 0.1) is 5.69 Å². The van der Waals surface area contributed by atoms with Crippen molar-refractivity contribution in [3.05, 3.63) is 70.9 Å². The van der Waals surface area contributed by atoms with Gasteiger partial charge in [0.15, 0.2) is 0 Å². The number of halogens is 1. The summed E-state index contributed by atoms with van der Waals surface area (Å²) in [5, 5.41) is 4.62. The van der Waals surface area contributed by atoms with Gasteiger partial charge in [0.1, 0.15) is 12.4 Å². The van der Waals surface area contributed by atoms with Gasteiger partial charge < -0.3 is 4.90 Å². The minimum Gasteiger partial charge on any atom is -0.340 e. The smallest absolute Gasteiger partial charge is 0.244 e. The Morgan fingerprint density at radius 2 is 1.86 bits per heavy atom. The molecular formula is C23H25FN4O.